The van der Waals surface area contributed by atoms with Crippen LogP contribution in [0.4, 0.5) is 0 Å². The Bertz CT molecular complexity index is 890. The number of carboxylic acid groups (broad SMARTS) is 1. The zero-order valence-corrected chi connectivity index (χ0v) is 20.6. The highest BCUT2D eigenvalue weighted by atomic mass is 16.4. The molecule has 8 N–H and O–H groups in total. The number of aliphatic carboxylic acids is 1. The number of carbonyl (C=O) groups excluding carboxylic acids is 4. The summed E-state index contributed by atoms with van der Waals surface area (Å²) in [5, 5.41) is 16.9. The van der Waals surface area contributed by atoms with Gasteiger partial charge in [-0.05, 0) is 30.2 Å². The molecule has 0 fully saturated rings. The molecular formula is C24H37N5O6. The van der Waals surface area contributed by atoms with Gasteiger partial charge in [-0.25, -0.2) is 4.79 Å². The Labute approximate surface area is 205 Å². The fraction of sp³-hybridized carbons (Fsp3) is 0.542. The lowest BCUT2D eigenvalue weighted by Crippen LogP contribution is -2.59. The number of hydrogen-bond donors (Lipinski definition) is 6. The second-order valence-electron chi connectivity index (χ2n) is 9.16. The Morgan fingerprint density at radius 3 is 1.86 bits per heavy atom. The van der Waals surface area contributed by atoms with E-state index in [-0.39, 0.29) is 25.2 Å². The van der Waals surface area contributed by atoms with Gasteiger partial charge in [0.05, 0.1) is 6.04 Å². The quantitative estimate of drug-likeness (QED) is 0.205. The summed E-state index contributed by atoms with van der Waals surface area (Å²) < 4.78 is 0. The number of hydrogen-bond acceptors (Lipinski definition) is 6. The SMILES string of the molecule is CC(C)C(NC(=O)C(NC(=O)C(CCC(N)=O)NC(=O)C(N)Cc1ccccc1)C(C)C)C(=O)O. The van der Waals surface area contributed by atoms with Gasteiger partial charge in [-0.2, -0.15) is 0 Å². The minimum Gasteiger partial charge on any atom is -0.480 e. The summed E-state index contributed by atoms with van der Waals surface area (Å²) in [6.07, 6.45) is -0.0416. The predicted molar refractivity (Wildman–Crippen MR) is 130 cm³/mol. The number of carbonyl (C=O) groups is 5. The number of nitrogens with one attached hydrogen (secondary N) is 3. The van der Waals surface area contributed by atoms with Crippen molar-refractivity contribution in [3.63, 3.8) is 0 Å². The van der Waals surface area contributed by atoms with Crippen molar-refractivity contribution < 1.29 is 29.1 Å². The van der Waals surface area contributed by atoms with Gasteiger partial charge in [0.1, 0.15) is 18.1 Å². The molecule has 4 unspecified atom stereocenters. The van der Waals surface area contributed by atoms with E-state index in [1.807, 2.05) is 30.3 Å². The molecule has 0 radical (unpaired) electrons. The Morgan fingerprint density at radius 1 is 0.829 bits per heavy atom. The lowest BCUT2D eigenvalue weighted by molar-refractivity contribution is -0.143. The van der Waals surface area contributed by atoms with Crippen LogP contribution in [0.15, 0.2) is 30.3 Å². The first-order valence-corrected chi connectivity index (χ1v) is 11.5. The van der Waals surface area contributed by atoms with E-state index in [1.165, 1.54) is 0 Å². The van der Waals surface area contributed by atoms with Crippen molar-refractivity contribution in [1.82, 2.24) is 16.0 Å². The van der Waals surface area contributed by atoms with Crippen LogP contribution < -0.4 is 27.4 Å². The molecule has 1 rings (SSSR count). The van der Waals surface area contributed by atoms with Crippen LogP contribution in [0.2, 0.25) is 0 Å². The van der Waals surface area contributed by atoms with Crippen molar-refractivity contribution in [1.29, 1.82) is 0 Å². The summed E-state index contributed by atoms with van der Waals surface area (Å²) in [4.78, 5) is 61.3. The summed E-state index contributed by atoms with van der Waals surface area (Å²) in [6.45, 7) is 6.66. The number of amides is 4. The molecular weight excluding hydrogens is 454 g/mol. The molecule has 4 amide bonds. The monoisotopic (exact) mass is 491 g/mol. The number of benzene rings is 1. The Balaban J connectivity index is 2.96. The number of nitrogens with two attached hydrogens (primary N) is 2. The van der Waals surface area contributed by atoms with Gasteiger partial charge in [-0.1, -0.05) is 58.0 Å². The Kier molecular flexibility index (Phi) is 11.9. The largest absolute Gasteiger partial charge is 0.480 e. The fourth-order valence-corrected chi connectivity index (χ4v) is 3.34. The van der Waals surface area contributed by atoms with Crippen LogP contribution >= 0.6 is 0 Å². The number of primary amides is 1. The maximum atomic E-state index is 13.0. The lowest BCUT2D eigenvalue weighted by Gasteiger charge is -2.27. The molecule has 11 nitrogen and oxygen atoms in total. The topological polar surface area (TPSA) is 194 Å². The maximum absolute atomic E-state index is 13.0. The molecule has 0 aliphatic carbocycles. The van der Waals surface area contributed by atoms with Gasteiger partial charge in [0.2, 0.25) is 23.6 Å². The third-order valence-corrected chi connectivity index (χ3v) is 5.42. The van der Waals surface area contributed by atoms with Gasteiger partial charge in [-0.15, -0.1) is 0 Å². The van der Waals surface area contributed by atoms with E-state index in [1.54, 1.807) is 27.7 Å². The summed E-state index contributed by atoms with van der Waals surface area (Å²) in [5.74, 6) is -4.62. The van der Waals surface area contributed by atoms with Crippen LogP contribution in [0.5, 0.6) is 0 Å². The minimum atomic E-state index is -1.19. The Hall–Kier alpha value is -3.47. The first kappa shape index (κ1) is 29.6. The molecule has 35 heavy (non-hydrogen) atoms. The molecule has 0 aliphatic heterocycles. The van der Waals surface area contributed by atoms with Crippen molar-refractivity contribution in [2.24, 2.45) is 23.3 Å². The van der Waals surface area contributed by atoms with Gasteiger partial charge in [0, 0.05) is 6.42 Å². The molecule has 1 aromatic carbocycles. The van der Waals surface area contributed by atoms with Crippen molar-refractivity contribution in [2.75, 3.05) is 0 Å². The van der Waals surface area contributed by atoms with E-state index in [4.69, 9.17) is 11.5 Å². The van der Waals surface area contributed by atoms with E-state index in [9.17, 15) is 29.1 Å². The van der Waals surface area contributed by atoms with E-state index < -0.39 is 59.7 Å². The first-order valence-electron chi connectivity index (χ1n) is 11.5. The van der Waals surface area contributed by atoms with Crippen LogP contribution in [0.1, 0.15) is 46.1 Å². The molecule has 0 saturated heterocycles. The van der Waals surface area contributed by atoms with Crippen LogP contribution in [0.3, 0.4) is 0 Å². The number of carboxylic acids is 1. The fourth-order valence-electron chi connectivity index (χ4n) is 3.34. The first-order chi connectivity index (χ1) is 16.3. The summed E-state index contributed by atoms with van der Waals surface area (Å²) in [5.41, 5.74) is 12.1. The summed E-state index contributed by atoms with van der Waals surface area (Å²) in [6, 6.07) is 4.76. The predicted octanol–water partition coefficient (Wildman–Crippen LogP) is -0.327. The molecule has 0 saturated carbocycles. The summed E-state index contributed by atoms with van der Waals surface area (Å²) >= 11 is 0. The van der Waals surface area contributed by atoms with Gasteiger partial charge < -0.3 is 32.5 Å². The molecule has 0 aliphatic rings. The minimum absolute atomic E-state index is 0.0961. The third kappa shape index (κ3) is 10.1. The molecule has 0 bridgehead atoms. The van der Waals surface area contributed by atoms with Gasteiger partial charge in [-0.3, -0.25) is 19.2 Å². The summed E-state index contributed by atoms with van der Waals surface area (Å²) in [7, 11) is 0. The van der Waals surface area contributed by atoms with Crippen molar-refractivity contribution in [3.05, 3.63) is 35.9 Å². The van der Waals surface area contributed by atoms with Crippen molar-refractivity contribution in [2.45, 2.75) is 71.1 Å². The Morgan fingerprint density at radius 2 is 1.37 bits per heavy atom. The molecule has 1 aromatic rings. The highest BCUT2D eigenvalue weighted by molar-refractivity contribution is 5.94. The van der Waals surface area contributed by atoms with Crippen LogP contribution in [-0.4, -0.2) is 58.9 Å². The normalized spacial score (nSPS) is 14.5. The second-order valence-corrected chi connectivity index (χ2v) is 9.16. The molecule has 194 valence electrons. The van der Waals surface area contributed by atoms with E-state index >= 15 is 0 Å². The molecule has 0 heterocycles. The van der Waals surface area contributed by atoms with E-state index in [0.29, 0.717) is 0 Å². The lowest BCUT2D eigenvalue weighted by atomic mass is 9.99. The maximum Gasteiger partial charge on any atom is 0.326 e. The highest BCUT2D eigenvalue weighted by Crippen LogP contribution is 2.09. The molecule has 0 aromatic heterocycles. The second kappa shape index (κ2) is 14.1. The van der Waals surface area contributed by atoms with Crippen molar-refractivity contribution >= 4 is 29.6 Å². The van der Waals surface area contributed by atoms with Crippen LogP contribution in [-0.2, 0) is 30.4 Å². The molecule has 0 spiro atoms. The standard InChI is InChI=1S/C24H37N5O6/c1-13(2)19(23(33)29-20(14(3)4)24(34)35)28-22(32)17(10-11-18(26)30)27-21(31)16(25)12-15-8-6-5-7-9-15/h5-9,13-14,16-17,19-20H,10-12,25H2,1-4H3,(H2,26,30)(H,27,31)(H,28,32)(H,29,33)(H,34,35). The van der Waals surface area contributed by atoms with Crippen LogP contribution in [0, 0.1) is 11.8 Å². The zero-order chi connectivity index (χ0) is 26.7. The highest BCUT2D eigenvalue weighted by Gasteiger charge is 2.32. The number of rotatable bonds is 14. The van der Waals surface area contributed by atoms with Gasteiger partial charge in [0.25, 0.3) is 0 Å². The van der Waals surface area contributed by atoms with Crippen LogP contribution in [0.25, 0.3) is 0 Å². The van der Waals surface area contributed by atoms with E-state index in [2.05, 4.69) is 16.0 Å². The zero-order valence-electron chi connectivity index (χ0n) is 20.6. The average molecular weight is 492 g/mol. The molecule has 4 atom stereocenters. The smallest absolute Gasteiger partial charge is 0.326 e. The van der Waals surface area contributed by atoms with Gasteiger partial charge >= 0.3 is 5.97 Å². The average Bonchev–Trinajstić information content (AvgIpc) is 2.77. The molecule has 11 heteroatoms. The third-order valence-electron chi connectivity index (χ3n) is 5.42. The van der Waals surface area contributed by atoms with Crippen molar-refractivity contribution in [3.8, 4) is 0 Å². The van der Waals surface area contributed by atoms with Gasteiger partial charge in [0.15, 0.2) is 0 Å². The van der Waals surface area contributed by atoms with E-state index in [0.717, 1.165) is 5.56 Å².